The SMILES string of the molecule is CN1CCN(c2ccc(-c3nccc4c3C=C(CCN3CCOCC3)C4)cc2)CC1. The van der Waals surface area contributed by atoms with Gasteiger partial charge in [0.25, 0.3) is 0 Å². The summed E-state index contributed by atoms with van der Waals surface area (Å²) in [5, 5.41) is 0. The van der Waals surface area contributed by atoms with E-state index in [0.29, 0.717) is 0 Å². The van der Waals surface area contributed by atoms with Gasteiger partial charge in [0.05, 0.1) is 18.9 Å². The van der Waals surface area contributed by atoms with E-state index in [1.54, 1.807) is 0 Å². The summed E-state index contributed by atoms with van der Waals surface area (Å²) in [6.45, 7) is 9.47. The van der Waals surface area contributed by atoms with Gasteiger partial charge in [0.15, 0.2) is 0 Å². The quantitative estimate of drug-likeness (QED) is 0.764. The first kappa shape index (κ1) is 19.7. The molecule has 1 aromatic heterocycles. The van der Waals surface area contributed by atoms with Crippen molar-refractivity contribution in [3.8, 4) is 11.3 Å². The van der Waals surface area contributed by atoms with Crippen molar-refractivity contribution < 1.29 is 4.74 Å². The van der Waals surface area contributed by atoms with E-state index in [1.165, 1.54) is 28.0 Å². The Morgan fingerprint density at radius 3 is 2.47 bits per heavy atom. The molecule has 1 aliphatic carbocycles. The van der Waals surface area contributed by atoms with Crippen molar-refractivity contribution in [2.75, 3.05) is 71.0 Å². The molecule has 3 heterocycles. The Balaban J connectivity index is 1.29. The lowest BCUT2D eigenvalue weighted by molar-refractivity contribution is 0.0384. The fourth-order valence-electron chi connectivity index (χ4n) is 4.74. The van der Waals surface area contributed by atoms with Crippen LogP contribution in [-0.2, 0) is 11.2 Å². The van der Waals surface area contributed by atoms with Crippen LogP contribution in [0.2, 0.25) is 0 Å². The van der Waals surface area contributed by atoms with Gasteiger partial charge >= 0.3 is 0 Å². The lowest BCUT2D eigenvalue weighted by atomic mass is 10.0. The first-order chi connectivity index (χ1) is 14.8. The van der Waals surface area contributed by atoms with Gasteiger partial charge in [0, 0.05) is 68.8 Å². The van der Waals surface area contributed by atoms with Crippen LogP contribution in [0.5, 0.6) is 0 Å². The van der Waals surface area contributed by atoms with Crippen LogP contribution in [0.3, 0.4) is 0 Å². The van der Waals surface area contributed by atoms with Gasteiger partial charge < -0.3 is 14.5 Å². The average Bonchev–Trinajstić information content (AvgIpc) is 3.22. The van der Waals surface area contributed by atoms with Crippen LogP contribution in [-0.4, -0.2) is 80.9 Å². The third-order valence-corrected chi connectivity index (χ3v) is 6.71. The standard InChI is InChI=1S/C25H32N4O/c1-27-10-12-29(13-11-27)23-4-2-21(3-5-23)25-24-19-20(18-22(24)6-8-26-25)7-9-28-14-16-30-17-15-28/h2-6,8,19H,7,9-18H2,1H3. The third kappa shape index (κ3) is 4.29. The summed E-state index contributed by atoms with van der Waals surface area (Å²) in [6.07, 6.45) is 6.57. The van der Waals surface area contributed by atoms with Crippen molar-refractivity contribution in [3.63, 3.8) is 0 Å². The second-order valence-corrected chi connectivity index (χ2v) is 8.75. The highest BCUT2D eigenvalue weighted by Crippen LogP contribution is 2.34. The lowest BCUT2D eigenvalue weighted by Crippen LogP contribution is -2.44. The molecule has 158 valence electrons. The minimum Gasteiger partial charge on any atom is -0.379 e. The number of morpholine rings is 1. The van der Waals surface area contributed by atoms with E-state index < -0.39 is 0 Å². The molecule has 0 amide bonds. The van der Waals surface area contributed by atoms with Gasteiger partial charge in [-0.25, -0.2) is 0 Å². The smallest absolute Gasteiger partial charge is 0.0777 e. The van der Waals surface area contributed by atoms with Gasteiger partial charge in [-0.3, -0.25) is 9.88 Å². The molecule has 0 bridgehead atoms. The number of aromatic nitrogens is 1. The number of pyridine rings is 1. The molecule has 30 heavy (non-hydrogen) atoms. The molecule has 2 aliphatic heterocycles. The molecule has 1 aromatic carbocycles. The van der Waals surface area contributed by atoms with Crippen LogP contribution < -0.4 is 4.90 Å². The normalized spacial score (nSPS) is 20.3. The summed E-state index contributed by atoms with van der Waals surface area (Å²) in [7, 11) is 2.20. The first-order valence-electron chi connectivity index (χ1n) is 11.3. The summed E-state index contributed by atoms with van der Waals surface area (Å²) in [4.78, 5) is 12.2. The minimum absolute atomic E-state index is 0.872. The van der Waals surface area contributed by atoms with Gasteiger partial charge in [0.2, 0.25) is 0 Å². The summed E-state index contributed by atoms with van der Waals surface area (Å²) in [6, 6.07) is 11.2. The highest BCUT2D eigenvalue weighted by atomic mass is 16.5. The van der Waals surface area contributed by atoms with Crippen molar-refractivity contribution >= 4 is 11.8 Å². The Kier molecular flexibility index (Phi) is 5.84. The molecule has 0 atom stereocenters. The van der Waals surface area contributed by atoms with E-state index in [2.05, 4.69) is 58.2 Å². The van der Waals surface area contributed by atoms with E-state index in [1.807, 2.05) is 6.20 Å². The largest absolute Gasteiger partial charge is 0.379 e. The fraction of sp³-hybridized carbons (Fsp3) is 0.480. The molecule has 5 heteroatoms. The molecule has 0 saturated carbocycles. The number of likely N-dealkylation sites (N-methyl/N-ethyl adjacent to an activating group) is 1. The number of anilines is 1. The third-order valence-electron chi connectivity index (χ3n) is 6.71. The molecular formula is C25H32N4O. The minimum atomic E-state index is 0.872. The number of ether oxygens (including phenoxy) is 1. The molecule has 2 fully saturated rings. The molecule has 0 N–H and O–H groups in total. The van der Waals surface area contributed by atoms with E-state index >= 15 is 0 Å². The summed E-state index contributed by atoms with van der Waals surface area (Å²) in [5.41, 5.74) is 7.93. The van der Waals surface area contributed by atoms with Gasteiger partial charge in [-0.2, -0.15) is 0 Å². The van der Waals surface area contributed by atoms with Crippen LogP contribution in [0.15, 0.2) is 42.1 Å². The number of piperazine rings is 1. The predicted molar refractivity (Wildman–Crippen MR) is 123 cm³/mol. The summed E-state index contributed by atoms with van der Waals surface area (Å²) in [5.74, 6) is 0. The number of rotatable bonds is 5. The second kappa shape index (κ2) is 8.88. The second-order valence-electron chi connectivity index (χ2n) is 8.75. The molecule has 0 radical (unpaired) electrons. The van der Waals surface area contributed by atoms with Gasteiger partial charge in [-0.05, 0) is 43.7 Å². The fourth-order valence-corrected chi connectivity index (χ4v) is 4.74. The van der Waals surface area contributed by atoms with Crippen molar-refractivity contribution in [2.45, 2.75) is 12.8 Å². The number of nitrogens with zero attached hydrogens (tertiary/aromatic N) is 4. The number of fused-ring (bicyclic) bond motifs is 1. The Morgan fingerprint density at radius 1 is 0.933 bits per heavy atom. The predicted octanol–water partition coefficient (Wildman–Crippen LogP) is 3.16. The summed E-state index contributed by atoms with van der Waals surface area (Å²) < 4.78 is 5.47. The molecular weight excluding hydrogens is 372 g/mol. The Hall–Kier alpha value is -2.21. The average molecular weight is 405 g/mol. The zero-order valence-electron chi connectivity index (χ0n) is 18.0. The molecule has 5 rings (SSSR count). The topological polar surface area (TPSA) is 31.8 Å². The van der Waals surface area contributed by atoms with Crippen molar-refractivity contribution in [1.29, 1.82) is 0 Å². The Morgan fingerprint density at radius 2 is 1.70 bits per heavy atom. The maximum absolute atomic E-state index is 5.47. The van der Waals surface area contributed by atoms with Crippen molar-refractivity contribution in [1.82, 2.24) is 14.8 Å². The van der Waals surface area contributed by atoms with Crippen molar-refractivity contribution in [3.05, 3.63) is 53.2 Å². The van der Waals surface area contributed by atoms with E-state index in [4.69, 9.17) is 9.72 Å². The van der Waals surface area contributed by atoms with Crippen LogP contribution in [0.1, 0.15) is 17.5 Å². The monoisotopic (exact) mass is 404 g/mol. The van der Waals surface area contributed by atoms with E-state index in [9.17, 15) is 0 Å². The molecule has 3 aliphatic rings. The first-order valence-corrected chi connectivity index (χ1v) is 11.3. The molecule has 2 saturated heterocycles. The Labute approximate surface area is 180 Å². The summed E-state index contributed by atoms with van der Waals surface area (Å²) >= 11 is 0. The zero-order valence-corrected chi connectivity index (χ0v) is 18.0. The highest BCUT2D eigenvalue weighted by molar-refractivity contribution is 5.78. The highest BCUT2D eigenvalue weighted by Gasteiger charge is 2.20. The van der Waals surface area contributed by atoms with E-state index in [-0.39, 0.29) is 0 Å². The van der Waals surface area contributed by atoms with Crippen LogP contribution in [0, 0.1) is 0 Å². The number of hydrogen-bond donors (Lipinski definition) is 0. The van der Waals surface area contributed by atoms with E-state index in [0.717, 1.165) is 77.6 Å². The molecule has 0 spiro atoms. The maximum Gasteiger partial charge on any atom is 0.0777 e. The van der Waals surface area contributed by atoms with Crippen molar-refractivity contribution in [2.24, 2.45) is 0 Å². The van der Waals surface area contributed by atoms with Crippen LogP contribution in [0.4, 0.5) is 5.69 Å². The molecule has 2 aromatic rings. The lowest BCUT2D eigenvalue weighted by Gasteiger charge is -2.34. The van der Waals surface area contributed by atoms with Gasteiger partial charge in [-0.1, -0.05) is 23.8 Å². The maximum atomic E-state index is 5.47. The Bertz CT molecular complexity index is 894. The zero-order chi connectivity index (χ0) is 20.3. The van der Waals surface area contributed by atoms with Gasteiger partial charge in [0.1, 0.15) is 0 Å². The number of hydrogen-bond acceptors (Lipinski definition) is 5. The molecule has 5 nitrogen and oxygen atoms in total. The van der Waals surface area contributed by atoms with Crippen LogP contribution >= 0.6 is 0 Å². The van der Waals surface area contributed by atoms with Crippen LogP contribution in [0.25, 0.3) is 17.3 Å². The number of benzene rings is 1. The van der Waals surface area contributed by atoms with Gasteiger partial charge in [-0.15, -0.1) is 0 Å². The molecule has 0 unspecified atom stereocenters.